The lowest BCUT2D eigenvalue weighted by molar-refractivity contribution is 0.536. The first-order valence-electron chi connectivity index (χ1n) is 6.23. The van der Waals surface area contributed by atoms with Crippen LogP contribution in [0, 0.1) is 19.8 Å². The molecule has 0 aliphatic heterocycles. The Morgan fingerprint density at radius 1 is 1.22 bits per heavy atom. The molecule has 0 radical (unpaired) electrons. The molecular formula is C14H21BrO2S. The van der Waals surface area contributed by atoms with E-state index in [1.54, 1.807) is 6.07 Å². The SMILES string of the molecule is Cc1ccc(C)c(S(=O)(=O)CCC(C)CCBr)c1. The fourth-order valence-corrected chi connectivity index (χ4v) is 4.48. The Labute approximate surface area is 119 Å². The maximum Gasteiger partial charge on any atom is 0.178 e. The van der Waals surface area contributed by atoms with Gasteiger partial charge in [0.25, 0.3) is 0 Å². The standard InChI is InChI=1S/C14H21BrO2S/c1-11(6-8-15)7-9-18(16,17)14-10-12(2)4-5-13(14)3/h4-5,10-11H,6-9H2,1-3H3. The molecule has 102 valence electrons. The topological polar surface area (TPSA) is 34.1 Å². The molecule has 18 heavy (non-hydrogen) atoms. The second kappa shape index (κ2) is 6.71. The normalized spacial score (nSPS) is 13.6. The Hall–Kier alpha value is -0.350. The monoisotopic (exact) mass is 332 g/mol. The largest absolute Gasteiger partial charge is 0.224 e. The number of aryl methyl sites for hydroxylation is 2. The van der Waals surface area contributed by atoms with Crippen LogP contribution in [0.2, 0.25) is 0 Å². The molecule has 0 aromatic heterocycles. The van der Waals surface area contributed by atoms with Gasteiger partial charge in [0, 0.05) is 5.33 Å². The van der Waals surface area contributed by atoms with Gasteiger partial charge in [-0.3, -0.25) is 0 Å². The molecule has 0 N–H and O–H groups in total. The summed E-state index contributed by atoms with van der Waals surface area (Å²) in [5, 5.41) is 0.928. The maximum absolute atomic E-state index is 12.3. The van der Waals surface area contributed by atoms with Gasteiger partial charge in [-0.05, 0) is 49.8 Å². The molecule has 0 aliphatic rings. The van der Waals surface area contributed by atoms with Gasteiger partial charge in [0.1, 0.15) is 0 Å². The molecule has 0 fully saturated rings. The molecule has 0 saturated heterocycles. The van der Waals surface area contributed by atoms with Gasteiger partial charge in [0.15, 0.2) is 9.84 Å². The summed E-state index contributed by atoms with van der Waals surface area (Å²) in [6.45, 7) is 5.88. The summed E-state index contributed by atoms with van der Waals surface area (Å²) in [6.07, 6.45) is 1.74. The van der Waals surface area contributed by atoms with Gasteiger partial charge in [-0.25, -0.2) is 8.42 Å². The van der Waals surface area contributed by atoms with Crippen molar-refractivity contribution in [1.82, 2.24) is 0 Å². The average molecular weight is 333 g/mol. The number of hydrogen-bond donors (Lipinski definition) is 0. The second-order valence-electron chi connectivity index (χ2n) is 4.96. The Kier molecular flexibility index (Phi) is 5.86. The molecule has 4 heteroatoms. The zero-order valence-electron chi connectivity index (χ0n) is 11.2. The van der Waals surface area contributed by atoms with Gasteiger partial charge in [0.2, 0.25) is 0 Å². The lowest BCUT2D eigenvalue weighted by Crippen LogP contribution is -2.12. The number of rotatable bonds is 6. The van der Waals surface area contributed by atoms with Crippen molar-refractivity contribution in [1.29, 1.82) is 0 Å². The van der Waals surface area contributed by atoms with E-state index in [0.717, 1.165) is 29.3 Å². The van der Waals surface area contributed by atoms with Gasteiger partial charge < -0.3 is 0 Å². The first-order chi connectivity index (χ1) is 8.36. The highest BCUT2D eigenvalue weighted by molar-refractivity contribution is 9.09. The third-order valence-electron chi connectivity index (χ3n) is 3.16. The summed E-state index contributed by atoms with van der Waals surface area (Å²) in [4.78, 5) is 0.494. The van der Waals surface area contributed by atoms with Crippen LogP contribution in [0.3, 0.4) is 0 Å². The highest BCUT2D eigenvalue weighted by Gasteiger charge is 2.18. The number of hydrogen-bond acceptors (Lipinski definition) is 2. The summed E-state index contributed by atoms with van der Waals surface area (Å²) in [5.74, 6) is 0.676. The fourth-order valence-electron chi connectivity index (χ4n) is 1.84. The maximum atomic E-state index is 12.3. The van der Waals surface area contributed by atoms with E-state index in [4.69, 9.17) is 0 Å². The van der Waals surface area contributed by atoms with Gasteiger partial charge in [-0.15, -0.1) is 0 Å². The predicted octanol–water partition coefficient (Wildman–Crippen LogP) is 3.89. The van der Waals surface area contributed by atoms with Crippen molar-refractivity contribution in [3.8, 4) is 0 Å². The molecule has 0 aliphatic carbocycles. The van der Waals surface area contributed by atoms with Crippen molar-refractivity contribution in [2.45, 2.75) is 38.5 Å². The van der Waals surface area contributed by atoms with Crippen molar-refractivity contribution in [2.75, 3.05) is 11.1 Å². The molecule has 1 aromatic rings. The van der Waals surface area contributed by atoms with E-state index in [-0.39, 0.29) is 5.75 Å². The van der Waals surface area contributed by atoms with E-state index in [2.05, 4.69) is 22.9 Å². The molecule has 2 nitrogen and oxygen atoms in total. The molecule has 0 spiro atoms. The first kappa shape index (κ1) is 15.7. The summed E-state index contributed by atoms with van der Waals surface area (Å²) < 4.78 is 24.6. The van der Waals surface area contributed by atoms with E-state index >= 15 is 0 Å². The fraction of sp³-hybridized carbons (Fsp3) is 0.571. The lowest BCUT2D eigenvalue weighted by atomic mass is 10.1. The van der Waals surface area contributed by atoms with Crippen LogP contribution >= 0.6 is 15.9 Å². The summed E-state index contributed by atoms with van der Waals surface area (Å²) in [7, 11) is -3.14. The van der Waals surface area contributed by atoms with Crippen LogP contribution in [0.1, 0.15) is 30.9 Å². The number of sulfone groups is 1. The molecule has 1 atom stereocenters. The Morgan fingerprint density at radius 3 is 2.50 bits per heavy atom. The van der Waals surface area contributed by atoms with Crippen molar-refractivity contribution < 1.29 is 8.42 Å². The average Bonchev–Trinajstić information content (AvgIpc) is 2.30. The van der Waals surface area contributed by atoms with Crippen LogP contribution < -0.4 is 0 Å². The van der Waals surface area contributed by atoms with Crippen molar-refractivity contribution in [3.63, 3.8) is 0 Å². The van der Waals surface area contributed by atoms with Gasteiger partial charge in [-0.1, -0.05) is 35.0 Å². The van der Waals surface area contributed by atoms with E-state index < -0.39 is 9.84 Å². The summed E-state index contributed by atoms with van der Waals surface area (Å²) >= 11 is 3.39. The van der Waals surface area contributed by atoms with Crippen LogP contribution in [-0.4, -0.2) is 19.5 Å². The van der Waals surface area contributed by atoms with E-state index in [9.17, 15) is 8.42 Å². The molecule has 1 rings (SSSR count). The zero-order chi connectivity index (χ0) is 13.8. The van der Waals surface area contributed by atoms with Crippen LogP contribution in [0.25, 0.3) is 0 Å². The molecule has 0 amide bonds. The molecule has 1 unspecified atom stereocenters. The highest BCUT2D eigenvalue weighted by atomic mass is 79.9. The second-order valence-corrected chi connectivity index (χ2v) is 7.83. The van der Waals surface area contributed by atoms with E-state index in [1.807, 2.05) is 26.0 Å². The minimum atomic E-state index is -3.14. The van der Waals surface area contributed by atoms with E-state index in [1.165, 1.54) is 0 Å². The van der Waals surface area contributed by atoms with Crippen LogP contribution in [0.4, 0.5) is 0 Å². The van der Waals surface area contributed by atoms with E-state index in [0.29, 0.717) is 10.8 Å². The lowest BCUT2D eigenvalue weighted by Gasteiger charge is -2.12. The Morgan fingerprint density at radius 2 is 1.89 bits per heavy atom. The molecule has 0 saturated carbocycles. The molecule has 0 bridgehead atoms. The third-order valence-corrected chi connectivity index (χ3v) is 5.50. The summed E-state index contributed by atoms with van der Waals surface area (Å²) in [6, 6.07) is 5.60. The van der Waals surface area contributed by atoms with Crippen molar-refractivity contribution in [3.05, 3.63) is 29.3 Å². The minimum absolute atomic E-state index is 0.242. The van der Waals surface area contributed by atoms with Crippen LogP contribution in [0.15, 0.2) is 23.1 Å². The van der Waals surface area contributed by atoms with Crippen molar-refractivity contribution in [2.24, 2.45) is 5.92 Å². The highest BCUT2D eigenvalue weighted by Crippen LogP contribution is 2.21. The zero-order valence-corrected chi connectivity index (χ0v) is 13.6. The number of alkyl halides is 1. The van der Waals surface area contributed by atoms with Gasteiger partial charge in [-0.2, -0.15) is 0 Å². The molecule has 0 heterocycles. The molecular weight excluding hydrogens is 312 g/mol. The smallest absolute Gasteiger partial charge is 0.178 e. The number of benzene rings is 1. The minimum Gasteiger partial charge on any atom is -0.224 e. The first-order valence-corrected chi connectivity index (χ1v) is 9.00. The van der Waals surface area contributed by atoms with Crippen LogP contribution in [-0.2, 0) is 9.84 Å². The predicted molar refractivity (Wildman–Crippen MR) is 80.2 cm³/mol. The van der Waals surface area contributed by atoms with Crippen LogP contribution in [0.5, 0.6) is 0 Å². The summed E-state index contributed by atoms with van der Waals surface area (Å²) in [5.41, 5.74) is 1.83. The van der Waals surface area contributed by atoms with Gasteiger partial charge in [0.05, 0.1) is 10.6 Å². The number of halogens is 1. The molecule has 1 aromatic carbocycles. The van der Waals surface area contributed by atoms with Gasteiger partial charge >= 0.3 is 0 Å². The van der Waals surface area contributed by atoms with Crippen molar-refractivity contribution >= 4 is 25.8 Å². The third kappa shape index (κ3) is 4.39. The Balaban J connectivity index is 2.83. The Bertz CT molecular complexity index is 495. The quantitative estimate of drug-likeness (QED) is 0.740.